The highest BCUT2D eigenvalue weighted by molar-refractivity contribution is 6.30. The van der Waals surface area contributed by atoms with Gasteiger partial charge >= 0.3 is 0 Å². The number of hydrogen-bond donors (Lipinski definition) is 1. The zero-order valence-corrected chi connectivity index (χ0v) is 16.6. The summed E-state index contributed by atoms with van der Waals surface area (Å²) >= 11 is 5.99. The van der Waals surface area contributed by atoms with E-state index in [4.69, 9.17) is 21.1 Å². The molecule has 1 amide bonds. The van der Waals surface area contributed by atoms with E-state index in [1.165, 1.54) is 5.56 Å². The van der Waals surface area contributed by atoms with E-state index < -0.39 is 0 Å². The fourth-order valence-electron chi connectivity index (χ4n) is 2.74. The van der Waals surface area contributed by atoms with Gasteiger partial charge in [0.05, 0.1) is 7.11 Å². The highest BCUT2D eigenvalue weighted by Gasteiger charge is 2.11. The van der Waals surface area contributed by atoms with Gasteiger partial charge in [0, 0.05) is 22.7 Å². The lowest BCUT2D eigenvalue weighted by molar-refractivity contribution is 0.0950. The molecule has 0 atom stereocenters. The van der Waals surface area contributed by atoms with Gasteiger partial charge < -0.3 is 14.8 Å². The third-order valence-corrected chi connectivity index (χ3v) is 4.54. The Labute approximate surface area is 170 Å². The monoisotopic (exact) mass is 395 g/mol. The van der Waals surface area contributed by atoms with Crippen LogP contribution in [0.25, 0.3) is 0 Å². The summed E-state index contributed by atoms with van der Waals surface area (Å²) in [5, 5.41) is 3.55. The lowest BCUT2D eigenvalue weighted by atomic mass is 10.1. The molecule has 144 valence electrons. The summed E-state index contributed by atoms with van der Waals surface area (Å²) in [5.74, 6) is 1.17. The fraction of sp³-hybridized carbons (Fsp3) is 0.174. The molecule has 0 bridgehead atoms. The Morgan fingerprint density at radius 3 is 2.54 bits per heavy atom. The van der Waals surface area contributed by atoms with Crippen molar-refractivity contribution in [3.63, 3.8) is 0 Å². The molecular weight excluding hydrogens is 374 g/mol. The number of carbonyl (C=O) groups is 1. The van der Waals surface area contributed by atoms with Crippen LogP contribution in [0.5, 0.6) is 11.5 Å². The van der Waals surface area contributed by atoms with Gasteiger partial charge in [-0.05, 0) is 48.9 Å². The third kappa shape index (κ3) is 5.27. The highest BCUT2D eigenvalue weighted by Crippen LogP contribution is 2.24. The van der Waals surface area contributed by atoms with Gasteiger partial charge in [0.25, 0.3) is 5.91 Å². The van der Waals surface area contributed by atoms with E-state index in [0.29, 0.717) is 28.6 Å². The van der Waals surface area contributed by atoms with Crippen molar-refractivity contribution in [2.45, 2.75) is 20.1 Å². The first-order chi connectivity index (χ1) is 13.5. The molecule has 4 nitrogen and oxygen atoms in total. The lowest BCUT2D eigenvalue weighted by Gasteiger charge is -2.13. The minimum absolute atomic E-state index is 0.146. The first-order valence-corrected chi connectivity index (χ1v) is 9.32. The van der Waals surface area contributed by atoms with Gasteiger partial charge in [-0.25, -0.2) is 0 Å². The lowest BCUT2D eigenvalue weighted by Crippen LogP contribution is -2.23. The van der Waals surface area contributed by atoms with Crippen LogP contribution in [0.2, 0.25) is 5.02 Å². The van der Waals surface area contributed by atoms with Crippen LogP contribution in [-0.4, -0.2) is 13.0 Å². The van der Waals surface area contributed by atoms with E-state index in [9.17, 15) is 4.79 Å². The minimum Gasteiger partial charge on any atom is -0.496 e. The Kier molecular flexibility index (Phi) is 6.56. The van der Waals surface area contributed by atoms with Crippen molar-refractivity contribution < 1.29 is 14.3 Å². The summed E-state index contributed by atoms with van der Waals surface area (Å²) in [4.78, 5) is 12.5. The number of carbonyl (C=O) groups excluding carboxylic acids is 1. The van der Waals surface area contributed by atoms with E-state index in [1.807, 2.05) is 43.3 Å². The number of rotatable bonds is 7. The molecule has 0 radical (unpaired) electrons. The van der Waals surface area contributed by atoms with Gasteiger partial charge in [-0.15, -0.1) is 0 Å². The standard InChI is InChI=1S/C23H22ClNO3/c1-16-6-8-17(9-7-16)14-25-23(26)18-10-11-22(27-2)19(12-18)15-28-21-5-3-4-20(24)13-21/h3-13H,14-15H2,1-2H3,(H,25,26). The van der Waals surface area contributed by atoms with Crippen LogP contribution in [-0.2, 0) is 13.2 Å². The summed E-state index contributed by atoms with van der Waals surface area (Å²) in [6.45, 7) is 2.77. The van der Waals surface area contributed by atoms with Crippen LogP contribution in [0.15, 0.2) is 66.7 Å². The molecule has 0 aliphatic rings. The van der Waals surface area contributed by atoms with Gasteiger partial charge in [0.2, 0.25) is 0 Å². The quantitative estimate of drug-likeness (QED) is 0.600. The Hall–Kier alpha value is -2.98. The Morgan fingerprint density at radius 2 is 1.82 bits per heavy atom. The molecule has 3 rings (SSSR count). The van der Waals surface area contributed by atoms with Crippen LogP contribution in [0, 0.1) is 6.92 Å². The number of amides is 1. The molecule has 0 aliphatic heterocycles. The molecule has 0 saturated heterocycles. The van der Waals surface area contributed by atoms with Crippen LogP contribution in [0.3, 0.4) is 0 Å². The van der Waals surface area contributed by atoms with E-state index in [0.717, 1.165) is 11.1 Å². The van der Waals surface area contributed by atoms with Crippen LogP contribution < -0.4 is 14.8 Å². The molecule has 0 aliphatic carbocycles. The molecule has 5 heteroatoms. The second kappa shape index (κ2) is 9.29. The molecule has 0 unspecified atom stereocenters. The number of hydrogen-bond acceptors (Lipinski definition) is 3. The largest absolute Gasteiger partial charge is 0.496 e. The summed E-state index contributed by atoms with van der Waals surface area (Å²) in [6, 6.07) is 20.6. The van der Waals surface area contributed by atoms with Gasteiger partial charge in [0.15, 0.2) is 0 Å². The summed E-state index contributed by atoms with van der Waals surface area (Å²) in [7, 11) is 1.59. The predicted octanol–water partition coefficient (Wildman–Crippen LogP) is 5.17. The van der Waals surface area contributed by atoms with Crippen molar-refractivity contribution in [3.05, 3.63) is 94.0 Å². The molecule has 3 aromatic rings. The Morgan fingerprint density at radius 1 is 1.04 bits per heavy atom. The first kappa shape index (κ1) is 19.8. The molecule has 0 fully saturated rings. The number of benzene rings is 3. The van der Waals surface area contributed by atoms with Gasteiger partial charge in [-0.3, -0.25) is 4.79 Å². The SMILES string of the molecule is COc1ccc(C(=O)NCc2ccc(C)cc2)cc1COc1cccc(Cl)c1. The number of nitrogens with one attached hydrogen (secondary N) is 1. The van der Waals surface area contributed by atoms with Crippen molar-refractivity contribution in [3.8, 4) is 11.5 Å². The van der Waals surface area contributed by atoms with Gasteiger partial charge in [0.1, 0.15) is 18.1 Å². The van der Waals surface area contributed by atoms with Gasteiger partial charge in [-0.1, -0.05) is 47.5 Å². The van der Waals surface area contributed by atoms with E-state index >= 15 is 0 Å². The number of ether oxygens (including phenoxy) is 2. The fourth-order valence-corrected chi connectivity index (χ4v) is 2.92. The second-order valence-electron chi connectivity index (χ2n) is 6.44. The molecule has 0 heterocycles. The smallest absolute Gasteiger partial charge is 0.251 e. The average Bonchev–Trinajstić information content (AvgIpc) is 2.71. The molecule has 1 N–H and O–H groups in total. The number of halogens is 1. The normalized spacial score (nSPS) is 10.4. The average molecular weight is 396 g/mol. The Bertz CT molecular complexity index is 954. The van der Waals surface area contributed by atoms with Crippen molar-refractivity contribution in [2.75, 3.05) is 7.11 Å². The van der Waals surface area contributed by atoms with Crippen LogP contribution >= 0.6 is 11.6 Å². The summed E-state index contributed by atoms with van der Waals surface area (Å²) in [5.41, 5.74) is 3.58. The molecule has 0 spiro atoms. The molecule has 3 aromatic carbocycles. The zero-order valence-electron chi connectivity index (χ0n) is 15.9. The van der Waals surface area contributed by atoms with E-state index in [-0.39, 0.29) is 12.5 Å². The molecule has 0 aromatic heterocycles. The molecule has 0 saturated carbocycles. The molecule has 28 heavy (non-hydrogen) atoms. The maximum absolute atomic E-state index is 12.5. The third-order valence-electron chi connectivity index (χ3n) is 4.31. The van der Waals surface area contributed by atoms with Crippen molar-refractivity contribution >= 4 is 17.5 Å². The van der Waals surface area contributed by atoms with Crippen LogP contribution in [0.1, 0.15) is 27.0 Å². The summed E-state index contributed by atoms with van der Waals surface area (Å²) < 4.78 is 11.2. The molecular formula is C23H22ClNO3. The second-order valence-corrected chi connectivity index (χ2v) is 6.88. The van der Waals surface area contributed by atoms with Crippen molar-refractivity contribution in [1.29, 1.82) is 0 Å². The zero-order chi connectivity index (χ0) is 19.9. The first-order valence-electron chi connectivity index (χ1n) is 8.94. The van der Waals surface area contributed by atoms with Crippen LogP contribution in [0.4, 0.5) is 0 Å². The number of aryl methyl sites for hydroxylation is 1. The van der Waals surface area contributed by atoms with Gasteiger partial charge in [-0.2, -0.15) is 0 Å². The van der Waals surface area contributed by atoms with Crippen molar-refractivity contribution in [2.24, 2.45) is 0 Å². The summed E-state index contributed by atoms with van der Waals surface area (Å²) in [6.07, 6.45) is 0. The topological polar surface area (TPSA) is 47.6 Å². The maximum Gasteiger partial charge on any atom is 0.251 e. The van der Waals surface area contributed by atoms with E-state index in [1.54, 1.807) is 37.4 Å². The van der Waals surface area contributed by atoms with E-state index in [2.05, 4.69) is 5.32 Å². The number of methoxy groups -OCH3 is 1. The van der Waals surface area contributed by atoms with Crippen molar-refractivity contribution in [1.82, 2.24) is 5.32 Å². The maximum atomic E-state index is 12.5. The highest BCUT2D eigenvalue weighted by atomic mass is 35.5. The Balaban J connectivity index is 1.68. The predicted molar refractivity (Wildman–Crippen MR) is 111 cm³/mol. The minimum atomic E-state index is -0.146.